The second-order valence-corrected chi connectivity index (χ2v) is 8.95. The van der Waals surface area contributed by atoms with Crippen LogP contribution in [0.1, 0.15) is 42.7 Å². The van der Waals surface area contributed by atoms with Crippen molar-refractivity contribution in [2.24, 2.45) is 5.92 Å². The molecule has 3 atom stereocenters. The van der Waals surface area contributed by atoms with Crippen LogP contribution < -0.4 is 20.7 Å². The Morgan fingerprint density at radius 3 is 2.03 bits per heavy atom. The van der Waals surface area contributed by atoms with Crippen molar-refractivity contribution in [2.45, 2.75) is 45.1 Å². The minimum atomic E-state index is -5.17. The summed E-state index contributed by atoms with van der Waals surface area (Å²) in [4.78, 5) is 50.4. The standard InChI is InChI=1S/C25H27ClF3N3O5/c1-13(2)19(21(33)25(27,28)29)31-24(36)20(15-8-10-18(37-4)11-9-15)32-22(34)14(3)30-23(35)16-6-5-7-17(26)12-16/h5-14,19-20H,1-4H3,(H,30,35)(H,31,36)(H,32,34). The van der Waals surface area contributed by atoms with Gasteiger partial charge in [-0.1, -0.05) is 43.6 Å². The number of alkyl halides is 3. The molecule has 2 aromatic carbocycles. The maximum Gasteiger partial charge on any atom is 0.452 e. The van der Waals surface area contributed by atoms with E-state index in [1.807, 2.05) is 0 Å². The molecule has 0 radical (unpaired) electrons. The molecule has 0 spiro atoms. The first-order valence-corrected chi connectivity index (χ1v) is 11.5. The fraction of sp³-hybridized carbons (Fsp3) is 0.360. The Labute approximate surface area is 216 Å². The SMILES string of the molecule is COc1ccc(C(NC(=O)C(C)NC(=O)c2cccc(Cl)c2)C(=O)NC(C(=O)C(F)(F)F)C(C)C)cc1. The van der Waals surface area contributed by atoms with Gasteiger partial charge in [-0.25, -0.2) is 0 Å². The van der Waals surface area contributed by atoms with E-state index in [4.69, 9.17) is 16.3 Å². The van der Waals surface area contributed by atoms with E-state index in [0.717, 1.165) is 0 Å². The number of carbonyl (C=O) groups is 4. The molecule has 200 valence electrons. The van der Waals surface area contributed by atoms with Gasteiger partial charge in [-0.05, 0) is 48.7 Å². The number of nitrogens with one attached hydrogen (secondary N) is 3. The molecule has 0 heterocycles. The molecule has 0 aromatic heterocycles. The van der Waals surface area contributed by atoms with Crippen molar-refractivity contribution in [3.8, 4) is 5.75 Å². The highest BCUT2D eigenvalue weighted by molar-refractivity contribution is 6.31. The van der Waals surface area contributed by atoms with Crippen LogP contribution in [0.3, 0.4) is 0 Å². The quantitative estimate of drug-likeness (QED) is 0.425. The number of hydrogen-bond donors (Lipinski definition) is 3. The van der Waals surface area contributed by atoms with Crippen LogP contribution in [0, 0.1) is 5.92 Å². The number of ether oxygens (including phenoxy) is 1. The van der Waals surface area contributed by atoms with Crippen molar-refractivity contribution in [2.75, 3.05) is 7.11 Å². The third kappa shape index (κ3) is 8.21. The van der Waals surface area contributed by atoms with Crippen molar-refractivity contribution >= 4 is 35.1 Å². The second kappa shape index (κ2) is 12.6. The van der Waals surface area contributed by atoms with Crippen LogP contribution >= 0.6 is 11.6 Å². The van der Waals surface area contributed by atoms with Crippen LogP contribution in [0.5, 0.6) is 5.75 Å². The van der Waals surface area contributed by atoms with Gasteiger partial charge in [0, 0.05) is 10.6 Å². The lowest BCUT2D eigenvalue weighted by molar-refractivity contribution is -0.175. The Kier molecular flexibility index (Phi) is 10.1. The minimum absolute atomic E-state index is 0.196. The number of hydrogen-bond acceptors (Lipinski definition) is 5. The van der Waals surface area contributed by atoms with Crippen molar-refractivity contribution in [3.05, 3.63) is 64.7 Å². The summed E-state index contributed by atoms with van der Waals surface area (Å²) in [5.74, 6) is -5.01. The predicted octanol–water partition coefficient (Wildman–Crippen LogP) is 3.60. The van der Waals surface area contributed by atoms with Crippen LogP contribution in [-0.2, 0) is 14.4 Å². The van der Waals surface area contributed by atoms with E-state index in [-0.39, 0.29) is 11.1 Å². The molecule has 3 N–H and O–H groups in total. The Hall–Kier alpha value is -3.60. The summed E-state index contributed by atoms with van der Waals surface area (Å²) in [7, 11) is 1.42. The molecule has 0 aliphatic rings. The molecule has 0 fully saturated rings. The summed E-state index contributed by atoms with van der Waals surface area (Å²) in [5, 5.41) is 7.33. The van der Waals surface area contributed by atoms with Gasteiger partial charge in [-0.2, -0.15) is 13.2 Å². The molecule has 0 aliphatic heterocycles. The van der Waals surface area contributed by atoms with Gasteiger partial charge in [0.15, 0.2) is 0 Å². The van der Waals surface area contributed by atoms with Crippen molar-refractivity contribution in [3.63, 3.8) is 0 Å². The van der Waals surface area contributed by atoms with Gasteiger partial charge in [0.2, 0.25) is 11.8 Å². The Morgan fingerprint density at radius 2 is 1.51 bits per heavy atom. The fourth-order valence-electron chi connectivity index (χ4n) is 3.29. The van der Waals surface area contributed by atoms with Gasteiger partial charge in [0.25, 0.3) is 11.7 Å². The smallest absolute Gasteiger partial charge is 0.452 e. The van der Waals surface area contributed by atoms with Crippen LogP contribution in [0.2, 0.25) is 5.02 Å². The molecule has 8 nitrogen and oxygen atoms in total. The number of ketones is 1. The third-order valence-electron chi connectivity index (χ3n) is 5.35. The number of halogens is 4. The largest absolute Gasteiger partial charge is 0.497 e. The lowest BCUT2D eigenvalue weighted by Crippen LogP contribution is -2.54. The van der Waals surface area contributed by atoms with Gasteiger partial charge in [-0.15, -0.1) is 0 Å². The molecule has 0 bridgehead atoms. The van der Waals surface area contributed by atoms with Gasteiger partial charge >= 0.3 is 6.18 Å². The molecule has 0 saturated heterocycles. The van der Waals surface area contributed by atoms with Gasteiger partial charge in [-0.3, -0.25) is 19.2 Å². The monoisotopic (exact) mass is 541 g/mol. The molecule has 12 heteroatoms. The Balaban J connectivity index is 2.27. The Morgan fingerprint density at radius 1 is 0.892 bits per heavy atom. The molecule has 37 heavy (non-hydrogen) atoms. The van der Waals surface area contributed by atoms with E-state index in [0.29, 0.717) is 10.8 Å². The molecule has 0 aliphatic carbocycles. The van der Waals surface area contributed by atoms with Crippen molar-refractivity contribution < 1.29 is 37.1 Å². The molecular formula is C25H27ClF3N3O5. The summed E-state index contributed by atoms with van der Waals surface area (Å²) in [6.07, 6.45) is -5.17. The number of rotatable bonds is 10. The lowest BCUT2D eigenvalue weighted by atomic mass is 9.97. The molecular weight excluding hydrogens is 515 g/mol. The van der Waals surface area contributed by atoms with Crippen molar-refractivity contribution in [1.82, 2.24) is 16.0 Å². The first-order valence-electron chi connectivity index (χ1n) is 11.2. The summed E-state index contributed by atoms with van der Waals surface area (Å²) >= 11 is 5.89. The topological polar surface area (TPSA) is 114 Å². The zero-order valence-electron chi connectivity index (χ0n) is 20.5. The van der Waals surface area contributed by atoms with Gasteiger partial charge < -0.3 is 20.7 Å². The summed E-state index contributed by atoms with van der Waals surface area (Å²) in [5.41, 5.74) is 0.406. The highest BCUT2D eigenvalue weighted by Gasteiger charge is 2.45. The van der Waals surface area contributed by atoms with Gasteiger partial charge in [0.05, 0.1) is 13.2 Å². The lowest BCUT2D eigenvalue weighted by Gasteiger charge is -2.26. The number of benzene rings is 2. The zero-order chi connectivity index (χ0) is 27.9. The molecule has 0 saturated carbocycles. The van der Waals surface area contributed by atoms with E-state index < -0.39 is 53.7 Å². The zero-order valence-corrected chi connectivity index (χ0v) is 21.2. The molecule has 2 rings (SSSR count). The maximum absolute atomic E-state index is 13.1. The average Bonchev–Trinajstić information content (AvgIpc) is 2.84. The van der Waals surface area contributed by atoms with Crippen LogP contribution in [0.4, 0.5) is 13.2 Å². The Bertz CT molecular complexity index is 1140. The number of amides is 3. The fourth-order valence-corrected chi connectivity index (χ4v) is 3.48. The van der Waals surface area contributed by atoms with E-state index in [9.17, 15) is 32.3 Å². The second-order valence-electron chi connectivity index (χ2n) is 8.51. The van der Waals surface area contributed by atoms with E-state index in [2.05, 4.69) is 16.0 Å². The average molecular weight is 542 g/mol. The van der Waals surface area contributed by atoms with E-state index in [1.165, 1.54) is 64.3 Å². The highest BCUT2D eigenvalue weighted by atomic mass is 35.5. The first-order chi connectivity index (χ1) is 17.2. The van der Waals surface area contributed by atoms with E-state index >= 15 is 0 Å². The summed E-state index contributed by atoms with van der Waals surface area (Å²) in [6.45, 7) is 4.07. The number of methoxy groups -OCH3 is 1. The minimum Gasteiger partial charge on any atom is -0.497 e. The van der Waals surface area contributed by atoms with Gasteiger partial charge in [0.1, 0.15) is 17.8 Å². The molecule has 2 aromatic rings. The maximum atomic E-state index is 13.1. The van der Waals surface area contributed by atoms with Crippen LogP contribution in [0.15, 0.2) is 48.5 Å². The summed E-state index contributed by atoms with van der Waals surface area (Å²) < 4.78 is 44.3. The normalized spacial score (nSPS) is 13.8. The summed E-state index contributed by atoms with van der Waals surface area (Å²) in [6, 6.07) is 7.39. The third-order valence-corrected chi connectivity index (χ3v) is 5.59. The predicted molar refractivity (Wildman–Crippen MR) is 130 cm³/mol. The molecule has 3 unspecified atom stereocenters. The van der Waals surface area contributed by atoms with Crippen molar-refractivity contribution in [1.29, 1.82) is 0 Å². The number of Topliss-reactive ketones (excluding diaryl/α,β-unsaturated/α-hetero) is 1. The van der Waals surface area contributed by atoms with E-state index in [1.54, 1.807) is 12.1 Å². The van der Waals surface area contributed by atoms with Crippen LogP contribution in [-0.4, -0.2) is 48.9 Å². The highest BCUT2D eigenvalue weighted by Crippen LogP contribution is 2.23. The molecule has 3 amide bonds. The number of carbonyl (C=O) groups excluding carboxylic acids is 4. The first kappa shape index (κ1) is 29.6. The van der Waals surface area contributed by atoms with Crippen LogP contribution in [0.25, 0.3) is 0 Å².